The van der Waals surface area contributed by atoms with E-state index in [2.05, 4.69) is 34.8 Å². The number of rotatable bonds is 5. The molecule has 0 saturated heterocycles. The fraction of sp³-hybridized carbons (Fsp3) is 0.500. The van der Waals surface area contributed by atoms with Gasteiger partial charge in [0.25, 0.3) is 0 Å². The van der Waals surface area contributed by atoms with Gasteiger partial charge < -0.3 is 4.74 Å². The fourth-order valence-electron chi connectivity index (χ4n) is 1.25. The van der Waals surface area contributed by atoms with Crippen molar-refractivity contribution in [3.63, 3.8) is 0 Å². The summed E-state index contributed by atoms with van der Waals surface area (Å²) in [5, 5.41) is 0. The largest absolute Gasteiger partial charge is 0.461 e. The molecule has 0 aliphatic rings. The second-order valence-electron chi connectivity index (χ2n) is 4.02. The second kappa shape index (κ2) is 6.63. The van der Waals surface area contributed by atoms with E-state index in [1.807, 2.05) is 0 Å². The summed E-state index contributed by atoms with van der Waals surface area (Å²) in [6, 6.07) is 5.19. The van der Waals surface area contributed by atoms with Gasteiger partial charge in [0.1, 0.15) is 10.3 Å². The minimum absolute atomic E-state index is 0.346. The van der Waals surface area contributed by atoms with Gasteiger partial charge in [0.15, 0.2) is 0 Å². The van der Waals surface area contributed by atoms with Crippen molar-refractivity contribution >= 4 is 21.9 Å². The van der Waals surface area contributed by atoms with Crippen LogP contribution in [0.5, 0.6) is 0 Å². The Labute approximate surface area is 104 Å². The minimum atomic E-state index is -0.356. The Morgan fingerprint density at radius 2 is 2.25 bits per heavy atom. The summed E-state index contributed by atoms with van der Waals surface area (Å²) in [7, 11) is 0. The van der Waals surface area contributed by atoms with E-state index in [9.17, 15) is 4.79 Å². The summed E-state index contributed by atoms with van der Waals surface area (Å²) in [5.41, 5.74) is 0.346. The molecule has 0 bridgehead atoms. The normalized spacial score (nSPS) is 10.5. The first kappa shape index (κ1) is 13.2. The SMILES string of the molecule is CC(C)CCCOC(=O)c1cccc(Br)n1. The van der Waals surface area contributed by atoms with E-state index in [0.29, 0.717) is 22.8 Å². The number of nitrogens with zero attached hydrogens (tertiary/aromatic N) is 1. The highest BCUT2D eigenvalue weighted by Gasteiger charge is 2.08. The molecule has 0 saturated carbocycles. The molecular weight excluding hydrogens is 270 g/mol. The zero-order chi connectivity index (χ0) is 12.0. The van der Waals surface area contributed by atoms with Crippen LogP contribution in [0.1, 0.15) is 37.2 Å². The van der Waals surface area contributed by atoms with Crippen LogP contribution in [0.4, 0.5) is 0 Å². The van der Waals surface area contributed by atoms with Crippen molar-refractivity contribution in [2.24, 2.45) is 5.92 Å². The average Bonchev–Trinajstić information content (AvgIpc) is 2.24. The summed E-state index contributed by atoms with van der Waals surface area (Å²) in [5.74, 6) is 0.285. The summed E-state index contributed by atoms with van der Waals surface area (Å²) in [6.07, 6.45) is 1.97. The van der Waals surface area contributed by atoms with Gasteiger partial charge in [0.05, 0.1) is 6.61 Å². The summed E-state index contributed by atoms with van der Waals surface area (Å²) >= 11 is 3.21. The summed E-state index contributed by atoms with van der Waals surface area (Å²) < 4.78 is 5.75. The van der Waals surface area contributed by atoms with Crippen LogP contribution in [0.15, 0.2) is 22.8 Å². The van der Waals surface area contributed by atoms with Gasteiger partial charge >= 0.3 is 5.97 Å². The van der Waals surface area contributed by atoms with Crippen molar-refractivity contribution in [3.05, 3.63) is 28.5 Å². The van der Waals surface area contributed by atoms with Crippen molar-refractivity contribution in [2.75, 3.05) is 6.61 Å². The lowest BCUT2D eigenvalue weighted by Crippen LogP contribution is -2.09. The molecule has 1 heterocycles. The molecule has 88 valence electrons. The molecule has 0 N–H and O–H groups in total. The zero-order valence-corrected chi connectivity index (χ0v) is 11.2. The Balaban J connectivity index is 2.35. The first-order valence-corrected chi connectivity index (χ1v) is 6.18. The van der Waals surface area contributed by atoms with Gasteiger partial charge in [-0.25, -0.2) is 9.78 Å². The quantitative estimate of drug-likeness (QED) is 0.473. The number of hydrogen-bond acceptors (Lipinski definition) is 3. The molecule has 16 heavy (non-hydrogen) atoms. The molecule has 0 unspecified atom stereocenters. The van der Waals surface area contributed by atoms with Crippen LogP contribution in [0.3, 0.4) is 0 Å². The minimum Gasteiger partial charge on any atom is -0.461 e. The van der Waals surface area contributed by atoms with Gasteiger partial charge in [-0.15, -0.1) is 0 Å². The van der Waals surface area contributed by atoms with E-state index < -0.39 is 0 Å². The maximum atomic E-state index is 11.5. The number of esters is 1. The molecular formula is C12H16BrNO2. The second-order valence-corrected chi connectivity index (χ2v) is 4.83. The molecule has 0 aliphatic heterocycles. The van der Waals surface area contributed by atoms with Crippen molar-refractivity contribution in [2.45, 2.75) is 26.7 Å². The van der Waals surface area contributed by atoms with Crippen molar-refractivity contribution in [3.8, 4) is 0 Å². The Hall–Kier alpha value is -0.900. The molecule has 1 aromatic rings. The van der Waals surface area contributed by atoms with Crippen LogP contribution in [0, 0.1) is 5.92 Å². The van der Waals surface area contributed by atoms with Crippen molar-refractivity contribution in [1.29, 1.82) is 0 Å². The first-order chi connectivity index (χ1) is 7.59. The van der Waals surface area contributed by atoms with E-state index in [-0.39, 0.29) is 5.97 Å². The monoisotopic (exact) mass is 285 g/mol. The van der Waals surface area contributed by atoms with Crippen molar-refractivity contribution < 1.29 is 9.53 Å². The third-order valence-electron chi connectivity index (χ3n) is 2.08. The van der Waals surface area contributed by atoms with Crippen LogP contribution in [0.2, 0.25) is 0 Å². The molecule has 0 aliphatic carbocycles. The zero-order valence-electron chi connectivity index (χ0n) is 9.57. The van der Waals surface area contributed by atoms with Crippen LogP contribution in [-0.2, 0) is 4.74 Å². The number of carbonyl (C=O) groups excluding carboxylic acids is 1. The number of hydrogen-bond donors (Lipinski definition) is 0. The van der Waals surface area contributed by atoms with E-state index >= 15 is 0 Å². The smallest absolute Gasteiger partial charge is 0.356 e. The van der Waals surface area contributed by atoms with Gasteiger partial charge in [0.2, 0.25) is 0 Å². The van der Waals surface area contributed by atoms with Gasteiger partial charge in [-0.2, -0.15) is 0 Å². The molecule has 0 spiro atoms. The van der Waals surface area contributed by atoms with Crippen molar-refractivity contribution in [1.82, 2.24) is 4.98 Å². The Morgan fingerprint density at radius 1 is 1.50 bits per heavy atom. The number of aromatic nitrogens is 1. The molecule has 1 aromatic heterocycles. The van der Waals surface area contributed by atoms with Gasteiger partial charge in [-0.3, -0.25) is 0 Å². The van der Waals surface area contributed by atoms with Crippen LogP contribution in [0.25, 0.3) is 0 Å². The van der Waals surface area contributed by atoms with E-state index in [4.69, 9.17) is 4.74 Å². The lowest BCUT2D eigenvalue weighted by Gasteiger charge is -2.06. The molecule has 0 aromatic carbocycles. The molecule has 0 fully saturated rings. The maximum absolute atomic E-state index is 11.5. The third kappa shape index (κ3) is 4.75. The highest BCUT2D eigenvalue weighted by Crippen LogP contribution is 2.08. The summed E-state index contributed by atoms with van der Waals surface area (Å²) in [4.78, 5) is 15.6. The van der Waals surface area contributed by atoms with E-state index in [0.717, 1.165) is 12.8 Å². The van der Waals surface area contributed by atoms with Crippen LogP contribution in [-0.4, -0.2) is 17.6 Å². The van der Waals surface area contributed by atoms with E-state index in [1.54, 1.807) is 18.2 Å². The molecule has 0 amide bonds. The standard InChI is InChI=1S/C12H16BrNO2/c1-9(2)5-4-8-16-12(15)10-6-3-7-11(13)14-10/h3,6-7,9H,4-5,8H2,1-2H3. The molecule has 3 nitrogen and oxygen atoms in total. The number of carbonyl (C=O) groups is 1. The van der Waals surface area contributed by atoms with E-state index in [1.165, 1.54) is 0 Å². The lowest BCUT2D eigenvalue weighted by atomic mass is 10.1. The number of ether oxygens (including phenoxy) is 1. The van der Waals surface area contributed by atoms with Crippen LogP contribution >= 0.6 is 15.9 Å². The topological polar surface area (TPSA) is 39.2 Å². The van der Waals surface area contributed by atoms with Crippen LogP contribution < -0.4 is 0 Å². The molecule has 0 atom stereocenters. The Kier molecular flexibility index (Phi) is 5.46. The number of pyridine rings is 1. The van der Waals surface area contributed by atoms with Gasteiger partial charge in [0, 0.05) is 0 Å². The first-order valence-electron chi connectivity index (χ1n) is 5.39. The Bertz CT molecular complexity index is 353. The molecule has 1 rings (SSSR count). The fourth-order valence-corrected chi connectivity index (χ4v) is 1.60. The number of halogens is 1. The summed E-state index contributed by atoms with van der Waals surface area (Å²) in [6.45, 7) is 4.76. The highest BCUT2D eigenvalue weighted by molar-refractivity contribution is 9.10. The average molecular weight is 286 g/mol. The lowest BCUT2D eigenvalue weighted by molar-refractivity contribution is 0.0487. The Morgan fingerprint density at radius 3 is 2.88 bits per heavy atom. The van der Waals surface area contributed by atoms with Gasteiger partial charge in [-0.05, 0) is 46.8 Å². The molecule has 0 radical (unpaired) electrons. The molecule has 4 heteroatoms. The third-order valence-corrected chi connectivity index (χ3v) is 2.52. The van der Waals surface area contributed by atoms with Gasteiger partial charge in [-0.1, -0.05) is 19.9 Å². The highest BCUT2D eigenvalue weighted by atomic mass is 79.9. The maximum Gasteiger partial charge on any atom is 0.356 e. The predicted octanol–water partition coefficient (Wildman–Crippen LogP) is 3.44. The predicted molar refractivity (Wildman–Crippen MR) is 66.3 cm³/mol.